The molecule has 0 amide bonds. The average molecular weight is 148 g/mol. The van der Waals surface area contributed by atoms with E-state index in [0.29, 0.717) is 0 Å². The second-order valence-electron chi connectivity index (χ2n) is 2.32. The Labute approximate surface area is 80.1 Å². The molecule has 0 N–H and O–H groups in total. The van der Waals surface area contributed by atoms with Gasteiger partial charge in [0.25, 0.3) is 0 Å². The van der Waals surface area contributed by atoms with E-state index in [0.717, 1.165) is 19.4 Å². The number of hydrogen-bond donors (Lipinski definition) is 0. The van der Waals surface area contributed by atoms with Crippen molar-refractivity contribution in [2.75, 3.05) is 6.61 Å². The first-order chi connectivity index (χ1) is 4.93. The summed E-state index contributed by atoms with van der Waals surface area (Å²) in [6.07, 6.45) is 7.75. The van der Waals surface area contributed by atoms with Crippen LogP contribution in [0.4, 0.5) is 0 Å². The molecule has 0 radical (unpaired) electrons. The van der Waals surface area contributed by atoms with Crippen molar-refractivity contribution < 1.29 is 28.3 Å². The molecular formula is C8H13LiO2. The van der Waals surface area contributed by atoms with Gasteiger partial charge in [0.05, 0.1) is 6.61 Å². The summed E-state index contributed by atoms with van der Waals surface area (Å²) in [6, 6.07) is 0. The molecule has 2 nitrogen and oxygen atoms in total. The van der Waals surface area contributed by atoms with Gasteiger partial charge in [-0.05, 0) is 12.8 Å². The quantitative estimate of drug-likeness (QED) is 0.280. The third-order valence-electron chi connectivity index (χ3n) is 1.46. The minimum atomic E-state index is -0.0371. The van der Waals surface area contributed by atoms with Gasteiger partial charge in [-0.2, -0.15) is 0 Å². The van der Waals surface area contributed by atoms with Crippen LogP contribution < -0.4 is 18.9 Å². The monoisotopic (exact) mass is 148 g/mol. The van der Waals surface area contributed by atoms with Gasteiger partial charge < -0.3 is 15.7 Å². The molecule has 0 aromatic carbocycles. The molecule has 1 saturated heterocycles. The first-order valence-electron chi connectivity index (χ1n) is 3.74. The Kier molecular flexibility index (Phi) is 6.85. The smallest absolute Gasteiger partial charge is 0.673 e. The minimum absolute atomic E-state index is 0. The predicted octanol–water partition coefficient (Wildman–Crippen LogP) is -1.13. The topological polar surface area (TPSA) is 18.5 Å². The molecule has 1 atom stereocenters. The van der Waals surface area contributed by atoms with Crippen molar-refractivity contribution >= 4 is 0 Å². The van der Waals surface area contributed by atoms with E-state index in [9.17, 15) is 0 Å². The van der Waals surface area contributed by atoms with E-state index < -0.39 is 0 Å². The summed E-state index contributed by atoms with van der Waals surface area (Å²) in [5.41, 5.74) is 0. The van der Waals surface area contributed by atoms with Gasteiger partial charge >= 0.3 is 18.9 Å². The predicted molar refractivity (Wildman–Crippen MR) is 38.2 cm³/mol. The fourth-order valence-electron chi connectivity index (χ4n) is 0.948. The van der Waals surface area contributed by atoms with Crippen LogP contribution in [0.1, 0.15) is 26.2 Å². The summed E-state index contributed by atoms with van der Waals surface area (Å²) >= 11 is 0. The molecule has 1 rings (SSSR count). The molecule has 1 fully saturated rings. The fraction of sp³-hybridized carbons (Fsp3) is 0.750. The van der Waals surface area contributed by atoms with Crippen molar-refractivity contribution in [3.8, 4) is 0 Å². The number of hydrogen-bond acceptors (Lipinski definition) is 2. The Balaban J connectivity index is 0.000001000. The average Bonchev–Trinajstić information content (AvgIpc) is 2.03. The number of rotatable bonds is 2. The van der Waals surface area contributed by atoms with E-state index in [-0.39, 0.29) is 25.2 Å². The van der Waals surface area contributed by atoms with Crippen LogP contribution in [0.3, 0.4) is 0 Å². The van der Waals surface area contributed by atoms with E-state index in [1.54, 1.807) is 6.08 Å². The Morgan fingerprint density at radius 2 is 2.36 bits per heavy atom. The fourth-order valence-corrected chi connectivity index (χ4v) is 0.948. The largest absolute Gasteiger partial charge is 1.00 e. The standard InChI is InChI=1S/C8H13O2.Li/c1-2-6-9-8-5-3-4-7-10-8;/h2,8H,3-5,7H2,1H3;/q-1;+1. The maximum atomic E-state index is 5.28. The zero-order valence-electron chi connectivity index (χ0n) is 7.30. The Morgan fingerprint density at radius 1 is 1.55 bits per heavy atom. The summed E-state index contributed by atoms with van der Waals surface area (Å²) in [7, 11) is 0. The van der Waals surface area contributed by atoms with Crippen LogP contribution in [0.15, 0.2) is 6.08 Å². The van der Waals surface area contributed by atoms with E-state index in [2.05, 4.69) is 6.26 Å². The van der Waals surface area contributed by atoms with E-state index in [1.807, 2.05) is 6.92 Å². The van der Waals surface area contributed by atoms with Crippen molar-refractivity contribution in [2.24, 2.45) is 0 Å². The summed E-state index contributed by atoms with van der Waals surface area (Å²) in [4.78, 5) is 0. The minimum Gasteiger partial charge on any atom is -0.673 e. The molecule has 1 aliphatic rings. The van der Waals surface area contributed by atoms with Gasteiger partial charge in [0.15, 0.2) is 6.29 Å². The van der Waals surface area contributed by atoms with E-state index in [4.69, 9.17) is 9.47 Å². The van der Waals surface area contributed by atoms with Crippen molar-refractivity contribution in [1.82, 2.24) is 0 Å². The summed E-state index contributed by atoms with van der Waals surface area (Å²) in [6.45, 7) is 2.71. The van der Waals surface area contributed by atoms with Crippen LogP contribution in [0.25, 0.3) is 0 Å². The van der Waals surface area contributed by atoms with Crippen LogP contribution in [0, 0.1) is 6.26 Å². The van der Waals surface area contributed by atoms with Gasteiger partial charge in [-0.25, -0.2) is 6.08 Å². The summed E-state index contributed by atoms with van der Waals surface area (Å²) in [5.74, 6) is 0. The maximum Gasteiger partial charge on any atom is 1.00 e. The molecule has 1 heterocycles. The van der Waals surface area contributed by atoms with Crippen LogP contribution in [0.2, 0.25) is 0 Å². The van der Waals surface area contributed by atoms with Crippen LogP contribution >= 0.6 is 0 Å². The van der Waals surface area contributed by atoms with Crippen molar-refractivity contribution in [3.05, 3.63) is 12.3 Å². The maximum absolute atomic E-state index is 5.28. The second-order valence-corrected chi connectivity index (χ2v) is 2.32. The van der Waals surface area contributed by atoms with Crippen LogP contribution in [-0.4, -0.2) is 12.9 Å². The normalized spacial score (nSPS) is 24.6. The van der Waals surface area contributed by atoms with Crippen molar-refractivity contribution in [2.45, 2.75) is 32.5 Å². The zero-order valence-corrected chi connectivity index (χ0v) is 7.30. The van der Waals surface area contributed by atoms with Gasteiger partial charge in [-0.15, -0.1) is 0 Å². The van der Waals surface area contributed by atoms with E-state index >= 15 is 0 Å². The van der Waals surface area contributed by atoms with Gasteiger partial charge in [0.2, 0.25) is 0 Å². The van der Waals surface area contributed by atoms with Gasteiger partial charge in [-0.3, -0.25) is 0 Å². The second kappa shape index (κ2) is 6.79. The summed E-state index contributed by atoms with van der Waals surface area (Å²) < 4.78 is 10.4. The first kappa shape index (κ1) is 11.1. The third kappa shape index (κ3) is 4.52. The van der Waals surface area contributed by atoms with Gasteiger partial charge in [-0.1, -0.05) is 6.92 Å². The Bertz CT molecular complexity index is 109. The number of ether oxygens (including phenoxy) is 2. The molecule has 0 aliphatic carbocycles. The molecule has 11 heavy (non-hydrogen) atoms. The molecule has 3 heteroatoms. The first-order valence-corrected chi connectivity index (χ1v) is 3.74. The van der Waals surface area contributed by atoms with Crippen LogP contribution in [-0.2, 0) is 9.47 Å². The van der Waals surface area contributed by atoms with Crippen molar-refractivity contribution in [1.29, 1.82) is 0 Å². The molecule has 0 aromatic rings. The molecule has 1 unspecified atom stereocenters. The van der Waals surface area contributed by atoms with Crippen LogP contribution in [0.5, 0.6) is 0 Å². The summed E-state index contributed by atoms with van der Waals surface area (Å²) in [5, 5.41) is 0. The molecule has 58 valence electrons. The molecule has 1 aliphatic heterocycles. The SMILES string of the molecule is CC=[C-]OC1CCCCO1.[Li+]. The van der Waals surface area contributed by atoms with E-state index in [1.165, 1.54) is 6.42 Å². The third-order valence-corrected chi connectivity index (χ3v) is 1.46. The molecule has 0 spiro atoms. The molecular weight excluding hydrogens is 135 g/mol. The zero-order chi connectivity index (χ0) is 7.23. The van der Waals surface area contributed by atoms with Gasteiger partial charge in [0, 0.05) is 6.42 Å². The molecule has 0 saturated carbocycles. The Hall–Kier alpha value is 0.0974. The molecule has 0 bridgehead atoms. The Morgan fingerprint density at radius 3 is 2.91 bits per heavy atom. The molecule has 0 aromatic heterocycles. The number of allylic oxidation sites excluding steroid dienone is 1. The van der Waals surface area contributed by atoms with Gasteiger partial charge in [0.1, 0.15) is 0 Å². The van der Waals surface area contributed by atoms with Crippen molar-refractivity contribution in [3.63, 3.8) is 0 Å².